The molecule has 3 rings (SSSR count). The molecule has 0 aliphatic carbocycles. The molecule has 1 atom stereocenters. The van der Waals surface area contributed by atoms with E-state index >= 15 is 0 Å². The number of carbonyl (C=O) groups excluding carboxylic acids is 1. The van der Waals surface area contributed by atoms with Crippen molar-refractivity contribution in [2.45, 2.75) is 31.3 Å². The zero-order valence-electron chi connectivity index (χ0n) is 18.2. The lowest BCUT2D eigenvalue weighted by molar-refractivity contribution is 0.0635. The van der Waals surface area contributed by atoms with Gasteiger partial charge in [-0.15, -0.1) is 0 Å². The molecule has 0 radical (unpaired) electrons. The lowest BCUT2D eigenvalue weighted by Crippen LogP contribution is -2.25. The maximum Gasteiger partial charge on any atom is 0.261 e. The quantitative estimate of drug-likeness (QED) is 0.437. The van der Waals surface area contributed by atoms with E-state index in [4.69, 9.17) is 4.74 Å². The molecule has 1 unspecified atom stereocenters. The van der Waals surface area contributed by atoms with Gasteiger partial charge in [-0.05, 0) is 61.7 Å². The van der Waals surface area contributed by atoms with Gasteiger partial charge in [-0.1, -0.05) is 48.5 Å². The third-order valence-corrected chi connectivity index (χ3v) is 6.44. The van der Waals surface area contributed by atoms with Crippen LogP contribution >= 0.6 is 0 Å². The van der Waals surface area contributed by atoms with Gasteiger partial charge in [0.25, 0.3) is 15.9 Å². The van der Waals surface area contributed by atoms with Crippen LogP contribution < -0.4 is 10.0 Å². The van der Waals surface area contributed by atoms with Crippen molar-refractivity contribution >= 4 is 21.6 Å². The number of para-hydroxylation sites is 1. The Bertz CT molecular complexity index is 1130. The van der Waals surface area contributed by atoms with E-state index in [2.05, 4.69) is 10.0 Å². The van der Waals surface area contributed by atoms with Crippen LogP contribution in [0.4, 0.5) is 5.69 Å². The predicted octanol–water partition coefficient (Wildman–Crippen LogP) is 4.69. The number of aryl methyl sites for hydroxylation is 1. The van der Waals surface area contributed by atoms with E-state index in [9.17, 15) is 13.2 Å². The monoisotopic (exact) mass is 452 g/mol. The summed E-state index contributed by atoms with van der Waals surface area (Å²) in [5.41, 5.74) is 2.87. The molecule has 0 bridgehead atoms. The molecule has 0 spiro atoms. The molecule has 32 heavy (non-hydrogen) atoms. The van der Waals surface area contributed by atoms with E-state index in [1.807, 2.05) is 56.3 Å². The van der Waals surface area contributed by atoms with Gasteiger partial charge in [0.1, 0.15) is 0 Å². The van der Waals surface area contributed by atoms with E-state index in [-0.39, 0.29) is 16.9 Å². The summed E-state index contributed by atoms with van der Waals surface area (Å²) in [5.74, 6) is -0.253. The minimum atomic E-state index is -3.73. The summed E-state index contributed by atoms with van der Waals surface area (Å²) < 4.78 is 33.6. The van der Waals surface area contributed by atoms with Crippen LogP contribution in [0.2, 0.25) is 0 Å². The normalized spacial score (nSPS) is 12.2. The summed E-state index contributed by atoms with van der Waals surface area (Å²) in [4.78, 5) is 12.4. The Morgan fingerprint density at radius 2 is 1.59 bits per heavy atom. The predicted molar refractivity (Wildman–Crippen MR) is 126 cm³/mol. The van der Waals surface area contributed by atoms with Crippen LogP contribution in [0.5, 0.6) is 0 Å². The highest BCUT2D eigenvalue weighted by molar-refractivity contribution is 7.92. The van der Waals surface area contributed by atoms with Crippen molar-refractivity contribution in [1.29, 1.82) is 0 Å². The Morgan fingerprint density at radius 1 is 0.938 bits per heavy atom. The number of hydrogen-bond acceptors (Lipinski definition) is 4. The van der Waals surface area contributed by atoms with Gasteiger partial charge in [-0.2, -0.15) is 0 Å². The molecule has 3 aromatic rings. The van der Waals surface area contributed by atoms with Gasteiger partial charge in [0, 0.05) is 18.7 Å². The Balaban J connectivity index is 1.47. The second-order valence-corrected chi connectivity index (χ2v) is 9.16. The fraction of sp³-hybridized carbons (Fsp3) is 0.240. The van der Waals surface area contributed by atoms with Crippen LogP contribution in [0, 0.1) is 6.92 Å². The number of hydrogen-bond donors (Lipinski definition) is 2. The number of benzene rings is 3. The summed E-state index contributed by atoms with van der Waals surface area (Å²) in [6.45, 7) is 4.82. The molecule has 168 valence electrons. The molecule has 0 saturated heterocycles. The Labute approximate surface area is 189 Å². The molecule has 0 saturated carbocycles. The Morgan fingerprint density at radius 3 is 2.28 bits per heavy atom. The zero-order chi connectivity index (χ0) is 23.0. The van der Waals surface area contributed by atoms with Crippen molar-refractivity contribution in [3.05, 3.63) is 95.6 Å². The Kier molecular flexibility index (Phi) is 8.03. The SMILES string of the molecule is Cc1ccccc1NS(=O)(=O)c1ccc(C(=O)NCCCOC(C)c2ccccc2)cc1. The number of rotatable bonds is 10. The lowest BCUT2D eigenvalue weighted by atomic mass is 10.1. The van der Waals surface area contributed by atoms with E-state index < -0.39 is 10.0 Å². The molecule has 0 heterocycles. The van der Waals surface area contributed by atoms with Gasteiger partial charge in [-0.3, -0.25) is 9.52 Å². The molecule has 2 N–H and O–H groups in total. The molecule has 3 aromatic carbocycles. The molecular weight excluding hydrogens is 424 g/mol. The van der Waals surface area contributed by atoms with Gasteiger partial charge in [-0.25, -0.2) is 8.42 Å². The number of anilines is 1. The fourth-order valence-electron chi connectivity index (χ4n) is 3.13. The lowest BCUT2D eigenvalue weighted by Gasteiger charge is -2.13. The van der Waals surface area contributed by atoms with Crippen molar-refractivity contribution in [3.8, 4) is 0 Å². The molecule has 0 aromatic heterocycles. The molecule has 0 fully saturated rings. The van der Waals surface area contributed by atoms with E-state index in [1.165, 1.54) is 24.3 Å². The fourth-order valence-corrected chi connectivity index (χ4v) is 4.26. The van der Waals surface area contributed by atoms with Crippen molar-refractivity contribution in [1.82, 2.24) is 5.32 Å². The van der Waals surface area contributed by atoms with Crippen LogP contribution in [0.15, 0.2) is 83.8 Å². The second-order valence-electron chi connectivity index (χ2n) is 7.48. The summed E-state index contributed by atoms with van der Waals surface area (Å²) in [6, 6.07) is 23.0. The number of amides is 1. The van der Waals surface area contributed by atoms with E-state index in [1.54, 1.807) is 12.1 Å². The highest BCUT2D eigenvalue weighted by atomic mass is 32.2. The Hall–Kier alpha value is -3.16. The summed E-state index contributed by atoms with van der Waals surface area (Å²) in [5, 5.41) is 2.83. The number of sulfonamides is 1. The molecule has 1 amide bonds. The highest BCUT2D eigenvalue weighted by Crippen LogP contribution is 2.20. The standard InChI is InChI=1S/C25H28N2O4S/c1-19-9-6-7-12-24(19)27-32(29,30)23-15-13-22(14-16-23)25(28)26-17-8-18-31-20(2)21-10-4-3-5-11-21/h3-7,9-16,20,27H,8,17-18H2,1-2H3,(H,26,28). The van der Waals surface area contributed by atoms with Crippen molar-refractivity contribution < 1.29 is 17.9 Å². The second kappa shape index (κ2) is 10.9. The average molecular weight is 453 g/mol. The van der Waals surface area contributed by atoms with E-state index in [0.717, 1.165) is 11.1 Å². The largest absolute Gasteiger partial charge is 0.374 e. The molecule has 0 aliphatic heterocycles. The minimum Gasteiger partial charge on any atom is -0.374 e. The first-order valence-electron chi connectivity index (χ1n) is 10.5. The highest BCUT2D eigenvalue weighted by Gasteiger charge is 2.16. The first-order valence-corrected chi connectivity index (χ1v) is 12.0. The van der Waals surface area contributed by atoms with Crippen molar-refractivity contribution in [2.24, 2.45) is 0 Å². The number of carbonyl (C=O) groups is 1. The van der Waals surface area contributed by atoms with Crippen LogP contribution in [0.3, 0.4) is 0 Å². The molecular formula is C25H28N2O4S. The third-order valence-electron chi connectivity index (χ3n) is 5.06. The van der Waals surface area contributed by atoms with Crippen LogP contribution in [-0.4, -0.2) is 27.5 Å². The maximum atomic E-state index is 12.6. The number of nitrogens with one attached hydrogen (secondary N) is 2. The summed E-state index contributed by atoms with van der Waals surface area (Å²) >= 11 is 0. The molecule has 7 heteroatoms. The summed E-state index contributed by atoms with van der Waals surface area (Å²) in [6.07, 6.45) is 0.671. The third kappa shape index (κ3) is 6.42. The first-order chi connectivity index (χ1) is 15.4. The first kappa shape index (κ1) is 23.5. The minimum absolute atomic E-state index is 0.00493. The van der Waals surface area contributed by atoms with E-state index in [0.29, 0.717) is 30.8 Å². The van der Waals surface area contributed by atoms with Gasteiger partial charge < -0.3 is 10.1 Å². The average Bonchev–Trinajstić information content (AvgIpc) is 2.80. The molecule has 6 nitrogen and oxygen atoms in total. The summed E-state index contributed by atoms with van der Waals surface area (Å²) in [7, 11) is -3.73. The van der Waals surface area contributed by atoms with Crippen LogP contribution in [0.1, 0.15) is 40.9 Å². The van der Waals surface area contributed by atoms with Gasteiger partial charge in [0.05, 0.1) is 16.7 Å². The van der Waals surface area contributed by atoms with Gasteiger partial charge >= 0.3 is 0 Å². The van der Waals surface area contributed by atoms with Crippen LogP contribution in [0.25, 0.3) is 0 Å². The van der Waals surface area contributed by atoms with Crippen molar-refractivity contribution in [3.63, 3.8) is 0 Å². The number of ether oxygens (including phenoxy) is 1. The zero-order valence-corrected chi connectivity index (χ0v) is 19.1. The van der Waals surface area contributed by atoms with Gasteiger partial charge in [0.2, 0.25) is 0 Å². The topological polar surface area (TPSA) is 84.5 Å². The smallest absolute Gasteiger partial charge is 0.261 e. The maximum absolute atomic E-state index is 12.6. The van der Waals surface area contributed by atoms with Crippen molar-refractivity contribution in [2.75, 3.05) is 17.9 Å². The van der Waals surface area contributed by atoms with Crippen LogP contribution in [-0.2, 0) is 14.8 Å². The van der Waals surface area contributed by atoms with Gasteiger partial charge in [0.15, 0.2) is 0 Å². The molecule has 0 aliphatic rings.